The quantitative estimate of drug-likeness (QED) is 0.475. The van der Waals surface area contributed by atoms with Gasteiger partial charge in [-0.15, -0.1) is 0 Å². The molecule has 0 spiro atoms. The minimum Gasteiger partial charge on any atom is -0.366 e. The van der Waals surface area contributed by atoms with Crippen molar-refractivity contribution < 1.29 is 4.74 Å². The summed E-state index contributed by atoms with van der Waals surface area (Å²) in [4.78, 5) is 0. The molecule has 0 atom stereocenters. The van der Waals surface area contributed by atoms with Crippen LogP contribution >= 0.6 is 0 Å². The summed E-state index contributed by atoms with van der Waals surface area (Å²) in [6, 6.07) is 0. The normalized spacial score (nSPS) is 24.0. The molecule has 1 fully saturated rings. The van der Waals surface area contributed by atoms with Crippen molar-refractivity contribution in [2.75, 3.05) is 19.9 Å². The Hall–Kier alpha value is -0.0800. The van der Waals surface area contributed by atoms with Crippen molar-refractivity contribution >= 4 is 0 Å². The maximum Gasteiger partial charge on any atom is 0.0965 e. The lowest BCUT2D eigenvalue weighted by molar-refractivity contribution is 0.132. The van der Waals surface area contributed by atoms with E-state index in [1.165, 1.54) is 12.8 Å². The van der Waals surface area contributed by atoms with E-state index in [9.17, 15) is 0 Å². The summed E-state index contributed by atoms with van der Waals surface area (Å²) < 4.78 is 5.08. The van der Waals surface area contributed by atoms with Crippen molar-refractivity contribution in [1.29, 1.82) is 0 Å². The maximum absolute atomic E-state index is 5.08. The first-order chi connectivity index (χ1) is 3.50. The van der Waals surface area contributed by atoms with E-state index in [0.29, 0.717) is 0 Å². The standard InChI is InChI=1S/C5H11NO/c1-2-4-7-5-6-3-1/h6H,1-5H2. The summed E-state index contributed by atoms with van der Waals surface area (Å²) in [6.45, 7) is 2.81. The van der Waals surface area contributed by atoms with Gasteiger partial charge in [-0.1, -0.05) is 0 Å². The fourth-order valence-electron chi connectivity index (χ4n) is 0.671. The van der Waals surface area contributed by atoms with E-state index in [1.807, 2.05) is 0 Å². The largest absolute Gasteiger partial charge is 0.366 e. The second-order valence-electron chi connectivity index (χ2n) is 1.76. The second-order valence-corrected chi connectivity index (χ2v) is 1.76. The summed E-state index contributed by atoms with van der Waals surface area (Å²) in [5, 5.41) is 3.12. The SMILES string of the molecule is C1CCOCNC1. The molecular weight excluding hydrogens is 90.1 g/mol. The van der Waals surface area contributed by atoms with Gasteiger partial charge in [0.15, 0.2) is 0 Å². The smallest absolute Gasteiger partial charge is 0.0965 e. The predicted octanol–water partition coefficient (Wildman–Crippen LogP) is 0.344. The Morgan fingerprint density at radius 3 is 3.29 bits per heavy atom. The molecule has 0 aliphatic carbocycles. The van der Waals surface area contributed by atoms with Crippen LogP contribution < -0.4 is 5.32 Å². The fourth-order valence-corrected chi connectivity index (χ4v) is 0.671. The minimum absolute atomic E-state index is 0.750. The van der Waals surface area contributed by atoms with Gasteiger partial charge in [-0.05, 0) is 19.4 Å². The molecule has 0 amide bonds. The first-order valence-electron chi connectivity index (χ1n) is 2.78. The second kappa shape index (κ2) is 2.99. The van der Waals surface area contributed by atoms with Gasteiger partial charge in [0.05, 0.1) is 6.73 Å². The van der Waals surface area contributed by atoms with E-state index in [-0.39, 0.29) is 0 Å². The molecule has 1 heterocycles. The molecule has 42 valence electrons. The molecule has 1 saturated heterocycles. The van der Waals surface area contributed by atoms with Gasteiger partial charge in [0.2, 0.25) is 0 Å². The lowest BCUT2D eigenvalue weighted by atomic mass is 10.3. The zero-order valence-electron chi connectivity index (χ0n) is 4.44. The van der Waals surface area contributed by atoms with Crippen molar-refractivity contribution in [2.45, 2.75) is 12.8 Å². The fraction of sp³-hybridized carbons (Fsp3) is 1.00. The van der Waals surface area contributed by atoms with E-state index < -0.39 is 0 Å². The zero-order valence-corrected chi connectivity index (χ0v) is 4.44. The minimum atomic E-state index is 0.750. The molecule has 1 aliphatic heterocycles. The number of hydrogen-bond acceptors (Lipinski definition) is 2. The summed E-state index contributed by atoms with van der Waals surface area (Å²) >= 11 is 0. The highest BCUT2D eigenvalue weighted by Gasteiger charge is 1.93. The van der Waals surface area contributed by atoms with Crippen molar-refractivity contribution in [3.05, 3.63) is 0 Å². The Kier molecular flexibility index (Phi) is 2.17. The van der Waals surface area contributed by atoms with E-state index in [4.69, 9.17) is 4.74 Å². The van der Waals surface area contributed by atoms with E-state index in [1.54, 1.807) is 0 Å². The van der Waals surface area contributed by atoms with Crippen molar-refractivity contribution in [1.82, 2.24) is 5.32 Å². The Labute approximate surface area is 43.9 Å². The highest BCUT2D eigenvalue weighted by molar-refractivity contribution is 4.46. The number of nitrogens with one attached hydrogen (secondary N) is 1. The third-order valence-electron chi connectivity index (χ3n) is 1.10. The summed E-state index contributed by atoms with van der Waals surface area (Å²) in [5.41, 5.74) is 0. The molecular formula is C5H11NO. The Balaban J connectivity index is 2.04. The van der Waals surface area contributed by atoms with Crippen LogP contribution in [-0.2, 0) is 4.74 Å². The van der Waals surface area contributed by atoms with Gasteiger partial charge in [0, 0.05) is 6.61 Å². The number of hydrogen-bond donors (Lipinski definition) is 1. The van der Waals surface area contributed by atoms with Gasteiger partial charge in [-0.3, -0.25) is 5.32 Å². The molecule has 0 aromatic rings. The number of ether oxygens (including phenoxy) is 1. The Bertz CT molecular complexity index is 27.7. The molecule has 1 aliphatic rings. The highest BCUT2D eigenvalue weighted by Crippen LogP contribution is 1.90. The third-order valence-corrected chi connectivity index (χ3v) is 1.10. The van der Waals surface area contributed by atoms with Gasteiger partial charge in [0.25, 0.3) is 0 Å². The first kappa shape index (κ1) is 5.06. The van der Waals surface area contributed by atoms with Crippen molar-refractivity contribution in [3.8, 4) is 0 Å². The summed E-state index contributed by atoms with van der Waals surface area (Å²) in [7, 11) is 0. The van der Waals surface area contributed by atoms with Gasteiger partial charge in [0.1, 0.15) is 0 Å². The van der Waals surface area contributed by atoms with Crippen molar-refractivity contribution in [2.24, 2.45) is 0 Å². The average Bonchev–Trinajstić information content (AvgIpc) is 1.90. The van der Waals surface area contributed by atoms with Crippen LogP contribution in [0.25, 0.3) is 0 Å². The van der Waals surface area contributed by atoms with Crippen LogP contribution in [-0.4, -0.2) is 19.9 Å². The van der Waals surface area contributed by atoms with E-state index in [2.05, 4.69) is 5.32 Å². The molecule has 0 aromatic carbocycles. The van der Waals surface area contributed by atoms with E-state index in [0.717, 1.165) is 19.9 Å². The predicted molar refractivity (Wildman–Crippen MR) is 28.1 cm³/mol. The molecule has 2 heteroatoms. The highest BCUT2D eigenvalue weighted by atomic mass is 16.5. The zero-order chi connectivity index (χ0) is 4.95. The molecule has 0 bridgehead atoms. The van der Waals surface area contributed by atoms with Gasteiger partial charge in [-0.2, -0.15) is 0 Å². The van der Waals surface area contributed by atoms with E-state index >= 15 is 0 Å². The lowest BCUT2D eigenvalue weighted by Crippen LogP contribution is -2.14. The third kappa shape index (κ3) is 1.90. The molecule has 0 radical (unpaired) electrons. The van der Waals surface area contributed by atoms with Crippen LogP contribution in [0, 0.1) is 0 Å². The Morgan fingerprint density at radius 1 is 1.29 bits per heavy atom. The monoisotopic (exact) mass is 101 g/mol. The molecule has 7 heavy (non-hydrogen) atoms. The van der Waals surface area contributed by atoms with Crippen molar-refractivity contribution in [3.63, 3.8) is 0 Å². The molecule has 2 nitrogen and oxygen atoms in total. The molecule has 1 rings (SSSR count). The van der Waals surface area contributed by atoms with Crippen LogP contribution in [0.15, 0.2) is 0 Å². The van der Waals surface area contributed by atoms with Crippen LogP contribution in [0.4, 0.5) is 0 Å². The maximum atomic E-state index is 5.08. The topological polar surface area (TPSA) is 21.3 Å². The Morgan fingerprint density at radius 2 is 2.29 bits per heavy atom. The molecule has 0 unspecified atom stereocenters. The van der Waals surface area contributed by atoms with Crippen LogP contribution in [0.5, 0.6) is 0 Å². The van der Waals surface area contributed by atoms with Gasteiger partial charge >= 0.3 is 0 Å². The summed E-state index contributed by atoms with van der Waals surface area (Å²) in [6.07, 6.45) is 2.48. The molecule has 0 saturated carbocycles. The van der Waals surface area contributed by atoms with Gasteiger partial charge < -0.3 is 4.74 Å². The molecule has 0 aromatic heterocycles. The average molecular weight is 101 g/mol. The van der Waals surface area contributed by atoms with Crippen LogP contribution in [0.1, 0.15) is 12.8 Å². The van der Waals surface area contributed by atoms with Crippen LogP contribution in [0.3, 0.4) is 0 Å². The first-order valence-corrected chi connectivity index (χ1v) is 2.78. The van der Waals surface area contributed by atoms with Crippen LogP contribution in [0.2, 0.25) is 0 Å². The van der Waals surface area contributed by atoms with Gasteiger partial charge in [-0.25, -0.2) is 0 Å². The number of rotatable bonds is 0. The summed E-state index contributed by atoms with van der Waals surface area (Å²) in [5.74, 6) is 0. The molecule has 1 N–H and O–H groups in total. The lowest BCUT2D eigenvalue weighted by Gasteiger charge is -1.93.